The van der Waals surface area contributed by atoms with Gasteiger partial charge in [-0.1, -0.05) is 28.9 Å². The van der Waals surface area contributed by atoms with Crippen molar-refractivity contribution < 1.29 is 5.11 Å². The van der Waals surface area contributed by atoms with Gasteiger partial charge < -0.3 is 10.4 Å². The molecule has 1 aromatic carbocycles. The summed E-state index contributed by atoms with van der Waals surface area (Å²) in [5, 5.41) is 12.8. The zero-order valence-electron chi connectivity index (χ0n) is 8.83. The fourth-order valence-corrected chi connectivity index (χ4v) is 2.78. The highest BCUT2D eigenvalue weighted by atomic mass is 79.9. The molecule has 2 nitrogen and oxygen atoms in total. The lowest BCUT2D eigenvalue weighted by atomic mass is 10.0. The van der Waals surface area contributed by atoms with Gasteiger partial charge in [-0.2, -0.15) is 0 Å². The summed E-state index contributed by atoms with van der Waals surface area (Å²) in [7, 11) is 0. The molecular formula is C12H16BrNO. The van der Waals surface area contributed by atoms with Crippen LogP contribution < -0.4 is 5.32 Å². The lowest BCUT2D eigenvalue weighted by Crippen LogP contribution is -2.27. The van der Waals surface area contributed by atoms with Crippen LogP contribution in [0.3, 0.4) is 0 Å². The molecular weight excluding hydrogens is 254 g/mol. The molecule has 82 valence electrons. The standard InChI is InChI=1S/C12H16BrNO/c1-2-14-12-9(7-15)5-8-6-10(13)3-4-11(8)12/h3-4,6,9,12,14-15H,2,5,7H2,1H3. The number of hydrogen-bond acceptors (Lipinski definition) is 2. The molecule has 0 aromatic heterocycles. The zero-order chi connectivity index (χ0) is 10.8. The quantitative estimate of drug-likeness (QED) is 0.883. The fourth-order valence-electron chi connectivity index (χ4n) is 2.38. The summed E-state index contributed by atoms with van der Waals surface area (Å²) in [6.45, 7) is 3.30. The molecule has 2 N–H and O–H groups in total. The number of halogens is 1. The van der Waals surface area contributed by atoms with E-state index in [2.05, 4.69) is 46.4 Å². The maximum Gasteiger partial charge on any atom is 0.0480 e. The minimum atomic E-state index is 0.254. The second-order valence-electron chi connectivity index (χ2n) is 4.03. The van der Waals surface area contributed by atoms with Gasteiger partial charge in [0.15, 0.2) is 0 Å². The van der Waals surface area contributed by atoms with Gasteiger partial charge in [0, 0.05) is 23.0 Å². The van der Waals surface area contributed by atoms with Crippen LogP contribution in [0.25, 0.3) is 0 Å². The van der Waals surface area contributed by atoms with Gasteiger partial charge in [0.1, 0.15) is 0 Å². The minimum absolute atomic E-state index is 0.254. The van der Waals surface area contributed by atoms with E-state index in [9.17, 15) is 5.11 Å². The molecule has 0 spiro atoms. The first kappa shape index (κ1) is 11.1. The molecule has 2 unspecified atom stereocenters. The van der Waals surface area contributed by atoms with Crippen molar-refractivity contribution in [2.24, 2.45) is 5.92 Å². The molecule has 1 aliphatic rings. The second-order valence-corrected chi connectivity index (χ2v) is 4.94. The van der Waals surface area contributed by atoms with Crippen molar-refractivity contribution in [3.8, 4) is 0 Å². The van der Waals surface area contributed by atoms with E-state index in [1.807, 2.05) is 0 Å². The second kappa shape index (κ2) is 4.64. The summed E-state index contributed by atoms with van der Waals surface area (Å²) in [6.07, 6.45) is 0.975. The van der Waals surface area contributed by atoms with Crippen molar-refractivity contribution >= 4 is 15.9 Å². The number of benzene rings is 1. The number of aliphatic hydroxyl groups is 1. The van der Waals surface area contributed by atoms with Crippen LogP contribution in [0.1, 0.15) is 24.1 Å². The third-order valence-electron chi connectivity index (χ3n) is 3.05. The van der Waals surface area contributed by atoms with Crippen LogP contribution >= 0.6 is 15.9 Å². The number of aliphatic hydroxyl groups excluding tert-OH is 1. The smallest absolute Gasteiger partial charge is 0.0480 e. The van der Waals surface area contributed by atoms with Crippen LogP contribution in [-0.4, -0.2) is 18.3 Å². The first-order chi connectivity index (χ1) is 7.26. The van der Waals surface area contributed by atoms with Gasteiger partial charge in [0.2, 0.25) is 0 Å². The normalized spacial score (nSPS) is 24.2. The van der Waals surface area contributed by atoms with E-state index in [1.165, 1.54) is 11.1 Å². The van der Waals surface area contributed by atoms with Gasteiger partial charge in [-0.25, -0.2) is 0 Å². The molecule has 0 radical (unpaired) electrons. The van der Waals surface area contributed by atoms with Crippen LogP contribution in [-0.2, 0) is 6.42 Å². The fraction of sp³-hybridized carbons (Fsp3) is 0.500. The highest BCUT2D eigenvalue weighted by Gasteiger charge is 2.31. The van der Waals surface area contributed by atoms with Gasteiger partial charge in [-0.05, 0) is 36.2 Å². The Morgan fingerprint density at radius 1 is 1.53 bits per heavy atom. The molecule has 0 bridgehead atoms. The van der Waals surface area contributed by atoms with Crippen LogP contribution in [0.4, 0.5) is 0 Å². The van der Waals surface area contributed by atoms with Crippen LogP contribution in [0.15, 0.2) is 22.7 Å². The van der Waals surface area contributed by atoms with Crippen LogP contribution in [0.2, 0.25) is 0 Å². The topological polar surface area (TPSA) is 32.3 Å². The molecule has 0 heterocycles. The van der Waals surface area contributed by atoms with E-state index < -0.39 is 0 Å². The summed E-state index contributed by atoms with van der Waals surface area (Å²) in [5.41, 5.74) is 2.70. The minimum Gasteiger partial charge on any atom is -0.396 e. The van der Waals surface area contributed by atoms with Crippen molar-refractivity contribution in [1.29, 1.82) is 0 Å². The maximum atomic E-state index is 9.35. The Kier molecular flexibility index (Phi) is 3.44. The molecule has 0 fully saturated rings. The van der Waals surface area contributed by atoms with Gasteiger partial charge in [0.25, 0.3) is 0 Å². The monoisotopic (exact) mass is 269 g/mol. The molecule has 15 heavy (non-hydrogen) atoms. The number of rotatable bonds is 3. The number of fused-ring (bicyclic) bond motifs is 1. The largest absolute Gasteiger partial charge is 0.396 e. The van der Waals surface area contributed by atoms with E-state index in [0.717, 1.165) is 17.4 Å². The average Bonchev–Trinajstić information content (AvgIpc) is 2.56. The van der Waals surface area contributed by atoms with Gasteiger partial charge in [-0.15, -0.1) is 0 Å². The Balaban J connectivity index is 2.31. The first-order valence-electron chi connectivity index (χ1n) is 5.38. The summed E-state index contributed by atoms with van der Waals surface area (Å²) in [5.74, 6) is 0.328. The highest BCUT2D eigenvalue weighted by Crippen LogP contribution is 2.37. The summed E-state index contributed by atoms with van der Waals surface area (Å²) >= 11 is 3.48. The van der Waals surface area contributed by atoms with E-state index in [4.69, 9.17) is 0 Å². The Hall–Kier alpha value is -0.380. The SMILES string of the molecule is CCNC1c2ccc(Br)cc2CC1CO. The molecule has 2 atom stereocenters. The van der Waals surface area contributed by atoms with E-state index in [1.54, 1.807) is 0 Å². The Labute approximate surface area is 98.8 Å². The summed E-state index contributed by atoms with van der Waals surface area (Å²) in [6, 6.07) is 6.71. The van der Waals surface area contributed by atoms with Crippen molar-refractivity contribution in [1.82, 2.24) is 5.32 Å². The Morgan fingerprint density at radius 3 is 3.00 bits per heavy atom. The van der Waals surface area contributed by atoms with Gasteiger partial charge >= 0.3 is 0 Å². The Bertz CT molecular complexity index is 353. The lowest BCUT2D eigenvalue weighted by Gasteiger charge is -2.19. The van der Waals surface area contributed by atoms with Gasteiger partial charge in [0.05, 0.1) is 0 Å². The van der Waals surface area contributed by atoms with Crippen LogP contribution in [0.5, 0.6) is 0 Å². The van der Waals surface area contributed by atoms with E-state index in [0.29, 0.717) is 12.0 Å². The lowest BCUT2D eigenvalue weighted by molar-refractivity contribution is 0.201. The van der Waals surface area contributed by atoms with Crippen LogP contribution in [0, 0.1) is 5.92 Å². The molecule has 1 aromatic rings. The van der Waals surface area contributed by atoms with Crippen molar-refractivity contribution in [2.75, 3.05) is 13.2 Å². The third-order valence-corrected chi connectivity index (χ3v) is 3.55. The molecule has 2 rings (SSSR count). The predicted molar refractivity (Wildman–Crippen MR) is 64.8 cm³/mol. The molecule has 1 aliphatic carbocycles. The number of hydrogen-bond donors (Lipinski definition) is 2. The molecule has 0 amide bonds. The molecule has 3 heteroatoms. The average molecular weight is 270 g/mol. The molecule has 0 aliphatic heterocycles. The number of nitrogens with one attached hydrogen (secondary N) is 1. The molecule has 0 saturated carbocycles. The van der Waals surface area contributed by atoms with E-state index in [-0.39, 0.29) is 6.61 Å². The first-order valence-corrected chi connectivity index (χ1v) is 6.18. The Morgan fingerprint density at radius 2 is 2.33 bits per heavy atom. The maximum absolute atomic E-state index is 9.35. The van der Waals surface area contributed by atoms with E-state index >= 15 is 0 Å². The highest BCUT2D eigenvalue weighted by molar-refractivity contribution is 9.10. The zero-order valence-corrected chi connectivity index (χ0v) is 10.4. The van der Waals surface area contributed by atoms with Crippen molar-refractivity contribution in [2.45, 2.75) is 19.4 Å². The molecule has 0 saturated heterocycles. The van der Waals surface area contributed by atoms with Crippen molar-refractivity contribution in [3.63, 3.8) is 0 Å². The summed E-state index contributed by atoms with van der Waals surface area (Å²) in [4.78, 5) is 0. The van der Waals surface area contributed by atoms with Crippen molar-refractivity contribution in [3.05, 3.63) is 33.8 Å². The van der Waals surface area contributed by atoms with Gasteiger partial charge in [-0.3, -0.25) is 0 Å². The predicted octanol–water partition coefficient (Wildman–Crippen LogP) is 2.26. The third kappa shape index (κ3) is 2.10. The summed E-state index contributed by atoms with van der Waals surface area (Å²) < 4.78 is 1.12.